The van der Waals surface area contributed by atoms with E-state index in [1.165, 1.54) is 0 Å². The van der Waals surface area contributed by atoms with Crippen LogP contribution in [0.4, 0.5) is 0 Å². The van der Waals surface area contributed by atoms with Gasteiger partial charge in [0, 0.05) is 0 Å². The van der Waals surface area contributed by atoms with Crippen molar-refractivity contribution in [3.63, 3.8) is 0 Å². The van der Waals surface area contributed by atoms with Crippen molar-refractivity contribution >= 4 is 0 Å². The lowest BCUT2D eigenvalue weighted by atomic mass is 10.4. The van der Waals surface area contributed by atoms with Crippen LogP contribution in [-0.2, 0) is 9.47 Å². The van der Waals surface area contributed by atoms with E-state index in [4.69, 9.17) is 19.7 Å². The van der Waals surface area contributed by atoms with E-state index >= 15 is 0 Å². The molecule has 0 unspecified atom stereocenters. The summed E-state index contributed by atoms with van der Waals surface area (Å²) in [6.07, 6.45) is -0.523. The van der Waals surface area contributed by atoms with E-state index in [0.717, 1.165) is 6.61 Å². The second-order valence-corrected chi connectivity index (χ2v) is 2.33. The van der Waals surface area contributed by atoms with Crippen molar-refractivity contribution in [1.29, 1.82) is 0 Å². The third kappa shape index (κ3) is 3.12. The molecule has 0 bridgehead atoms. The summed E-state index contributed by atoms with van der Waals surface area (Å²) < 4.78 is 9.83. The van der Waals surface area contributed by atoms with Gasteiger partial charge in [-0.25, -0.2) is 0 Å². The molecule has 0 aromatic heterocycles. The predicted octanol–water partition coefficient (Wildman–Crippen LogP) is -1.24. The summed E-state index contributed by atoms with van der Waals surface area (Å²) in [5, 5.41) is 17.1. The van der Waals surface area contributed by atoms with Gasteiger partial charge in [-0.15, -0.1) is 0 Å². The maximum Gasteiger partial charge on any atom is 0.104 e. The van der Waals surface area contributed by atoms with E-state index in [0.29, 0.717) is 6.61 Å². The molecule has 1 fully saturated rings. The van der Waals surface area contributed by atoms with Gasteiger partial charge in [0.15, 0.2) is 0 Å². The molecule has 1 saturated heterocycles. The highest BCUT2D eigenvalue weighted by Crippen LogP contribution is 2.08. The molecule has 2 N–H and O–H groups in total. The first-order chi connectivity index (χ1) is 4.83. The van der Waals surface area contributed by atoms with Gasteiger partial charge in [-0.1, -0.05) is 0 Å². The fourth-order valence-corrected chi connectivity index (χ4v) is 0.552. The van der Waals surface area contributed by atoms with Crippen LogP contribution in [0.5, 0.6) is 0 Å². The second-order valence-electron chi connectivity index (χ2n) is 2.33. The molecule has 0 aliphatic carbocycles. The molecule has 4 heteroatoms. The Morgan fingerprint density at radius 2 is 2.40 bits per heavy atom. The highest BCUT2D eigenvalue weighted by Gasteiger charge is 2.22. The Morgan fingerprint density at radius 1 is 1.70 bits per heavy atom. The van der Waals surface area contributed by atoms with Crippen molar-refractivity contribution in [3.8, 4) is 0 Å². The summed E-state index contributed by atoms with van der Waals surface area (Å²) in [4.78, 5) is 0. The van der Waals surface area contributed by atoms with Crippen molar-refractivity contribution in [3.05, 3.63) is 0 Å². The first kappa shape index (κ1) is 7.94. The Bertz CT molecular complexity index is 91.7. The molecule has 60 valence electrons. The van der Waals surface area contributed by atoms with Crippen molar-refractivity contribution in [1.82, 2.24) is 0 Å². The van der Waals surface area contributed by atoms with Crippen molar-refractivity contribution < 1.29 is 19.7 Å². The maximum atomic E-state index is 8.78. The van der Waals surface area contributed by atoms with E-state index < -0.39 is 6.10 Å². The predicted molar refractivity (Wildman–Crippen MR) is 33.7 cm³/mol. The van der Waals surface area contributed by atoms with E-state index in [9.17, 15) is 0 Å². The summed E-state index contributed by atoms with van der Waals surface area (Å²) in [5.41, 5.74) is 0. The Kier molecular flexibility index (Phi) is 3.08. The van der Waals surface area contributed by atoms with Crippen LogP contribution in [-0.4, -0.2) is 48.8 Å². The molecule has 0 radical (unpaired) electrons. The van der Waals surface area contributed by atoms with Crippen LogP contribution in [0, 0.1) is 0 Å². The minimum absolute atomic E-state index is 0.191. The zero-order valence-corrected chi connectivity index (χ0v) is 5.69. The molecule has 0 saturated carbocycles. The number of hydrogen-bond donors (Lipinski definition) is 2. The molecule has 1 heterocycles. The van der Waals surface area contributed by atoms with E-state index in [1.807, 2.05) is 0 Å². The smallest absolute Gasteiger partial charge is 0.104 e. The largest absolute Gasteiger partial charge is 0.394 e. The first-order valence-electron chi connectivity index (χ1n) is 3.31. The van der Waals surface area contributed by atoms with Crippen LogP contribution in [0.15, 0.2) is 0 Å². The minimum Gasteiger partial charge on any atom is -0.394 e. The highest BCUT2D eigenvalue weighted by molar-refractivity contribution is 4.67. The summed E-state index contributed by atoms with van der Waals surface area (Å²) in [5.74, 6) is 0. The van der Waals surface area contributed by atoms with Crippen LogP contribution in [0.1, 0.15) is 0 Å². The summed E-state index contributed by atoms with van der Waals surface area (Å²) >= 11 is 0. The van der Waals surface area contributed by atoms with Gasteiger partial charge in [0.1, 0.15) is 12.2 Å². The monoisotopic (exact) mass is 148 g/mol. The lowest BCUT2D eigenvalue weighted by molar-refractivity contribution is 0.00216. The highest BCUT2D eigenvalue weighted by atomic mass is 16.6. The third-order valence-electron chi connectivity index (χ3n) is 1.23. The van der Waals surface area contributed by atoms with Gasteiger partial charge >= 0.3 is 0 Å². The van der Waals surface area contributed by atoms with Crippen molar-refractivity contribution in [2.45, 2.75) is 12.2 Å². The number of epoxide rings is 1. The molecule has 1 rings (SSSR count). The molecule has 1 aliphatic heterocycles. The second kappa shape index (κ2) is 3.88. The fourth-order valence-electron chi connectivity index (χ4n) is 0.552. The van der Waals surface area contributed by atoms with Crippen molar-refractivity contribution in [2.24, 2.45) is 0 Å². The zero-order valence-electron chi connectivity index (χ0n) is 5.69. The van der Waals surface area contributed by atoms with Crippen LogP contribution >= 0.6 is 0 Å². The average molecular weight is 148 g/mol. The Labute approximate surface area is 59.4 Å². The minimum atomic E-state index is -0.751. The van der Waals surface area contributed by atoms with Gasteiger partial charge < -0.3 is 19.7 Å². The Balaban J connectivity index is 1.83. The van der Waals surface area contributed by atoms with Gasteiger partial charge in [0.05, 0.1) is 26.4 Å². The van der Waals surface area contributed by atoms with Gasteiger partial charge in [-0.2, -0.15) is 0 Å². The first-order valence-corrected chi connectivity index (χ1v) is 3.31. The SMILES string of the molecule is OC[C@H](O)COC[C@H]1CO1. The van der Waals surface area contributed by atoms with Gasteiger partial charge in [0.2, 0.25) is 0 Å². The summed E-state index contributed by atoms with van der Waals surface area (Å²) in [7, 11) is 0. The molecule has 0 aromatic rings. The number of rotatable bonds is 5. The molecule has 10 heavy (non-hydrogen) atoms. The zero-order chi connectivity index (χ0) is 7.40. The van der Waals surface area contributed by atoms with Gasteiger partial charge in [0.25, 0.3) is 0 Å². The molecule has 4 nitrogen and oxygen atoms in total. The Hall–Kier alpha value is -0.160. The number of ether oxygens (including phenoxy) is 2. The van der Waals surface area contributed by atoms with Gasteiger partial charge in [-0.3, -0.25) is 0 Å². The molecular weight excluding hydrogens is 136 g/mol. The topological polar surface area (TPSA) is 62.2 Å². The number of hydrogen-bond acceptors (Lipinski definition) is 4. The molecule has 0 amide bonds. The van der Waals surface area contributed by atoms with E-state index in [1.54, 1.807) is 0 Å². The standard InChI is InChI=1S/C6H12O4/c7-1-5(8)2-9-3-6-4-10-6/h5-8H,1-4H2/t5-,6-/m0/s1. The Morgan fingerprint density at radius 3 is 2.90 bits per heavy atom. The summed E-state index contributed by atoms with van der Waals surface area (Å²) in [6, 6.07) is 0. The molecule has 0 spiro atoms. The fraction of sp³-hybridized carbons (Fsp3) is 1.00. The quantitative estimate of drug-likeness (QED) is 0.478. The van der Waals surface area contributed by atoms with Crippen molar-refractivity contribution in [2.75, 3.05) is 26.4 Å². The molecule has 1 aliphatic rings. The van der Waals surface area contributed by atoms with Crippen LogP contribution < -0.4 is 0 Å². The van der Waals surface area contributed by atoms with Crippen LogP contribution in [0.3, 0.4) is 0 Å². The molecule has 2 atom stereocenters. The number of aliphatic hydroxyl groups excluding tert-OH is 2. The van der Waals surface area contributed by atoms with Crippen LogP contribution in [0.25, 0.3) is 0 Å². The third-order valence-corrected chi connectivity index (χ3v) is 1.23. The summed E-state index contributed by atoms with van der Waals surface area (Å²) in [6.45, 7) is 1.23. The molecular formula is C6H12O4. The normalized spacial score (nSPS) is 26.4. The van der Waals surface area contributed by atoms with E-state index in [2.05, 4.69) is 0 Å². The maximum absolute atomic E-state index is 8.78. The van der Waals surface area contributed by atoms with E-state index in [-0.39, 0.29) is 19.3 Å². The lowest BCUT2D eigenvalue weighted by Crippen LogP contribution is -2.20. The van der Waals surface area contributed by atoms with Gasteiger partial charge in [-0.05, 0) is 0 Å². The average Bonchev–Trinajstić information content (AvgIpc) is 2.71. The number of aliphatic hydroxyl groups is 2. The lowest BCUT2D eigenvalue weighted by Gasteiger charge is -2.05. The molecule has 0 aromatic carbocycles. The van der Waals surface area contributed by atoms with Crippen LogP contribution in [0.2, 0.25) is 0 Å².